The van der Waals surface area contributed by atoms with Gasteiger partial charge in [0.25, 0.3) is 0 Å². The minimum absolute atomic E-state index is 0.0490. The molecule has 1 N–H and O–H groups in total. The van der Waals surface area contributed by atoms with E-state index in [1.807, 2.05) is 25.6 Å². The fourth-order valence-electron chi connectivity index (χ4n) is 3.58. The number of rotatable bonds is 11. The first-order chi connectivity index (χ1) is 14.3. The molecule has 0 amide bonds. The van der Waals surface area contributed by atoms with Crippen molar-refractivity contribution in [1.82, 2.24) is 0 Å². The number of hydrogen-bond donors (Lipinski definition) is 1. The topological polar surface area (TPSA) is 68.1 Å². The van der Waals surface area contributed by atoms with Crippen LogP contribution in [-0.2, 0) is 9.63 Å². The van der Waals surface area contributed by atoms with E-state index in [1.54, 1.807) is 24.3 Å². The van der Waals surface area contributed by atoms with E-state index in [2.05, 4.69) is 19.0 Å². The molecule has 1 aromatic carbocycles. The number of carbonyl (C=O) groups is 1. The van der Waals surface area contributed by atoms with E-state index < -0.39 is 0 Å². The maximum Gasteiger partial charge on any atom is 0.168 e. The van der Waals surface area contributed by atoms with Crippen molar-refractivity contribution in [3.05, 3.63) is 40.6 Å². The van der Waals surface area contributed by atoms with E-state index in [9.17, 15) is 9.90 Å². The standard InChI is InChI=1S/C23H32ClNO4S/c1-5-20(25-28-14-15(3)29-19-9-7-18(24)8-10-19)23-21(26)12-17(13-22(23)27)11-16(4)30-6-2/h7-10,15-17,26H,5-6,11-14H2,1-4H3. The van der Waals surface area contributed by atoms with Crippen molar-refractivity contribution in [2.75, 3.05) is 12.4 Å². The first kappa shape index (κ1) is 24.6. The molecule has 0 bridgehead atoms. The smallest absolute Gasteiger partial charge is 0.168 e. The van der Waals surface area contributed by atoms with Crippen LogP contribution in [0.1, 0.15) is 53.4 Å². The number of halogens is 1. The summed E-state index contributed by atoms with van der Waals surface area (Å²) in [5.74, 6) is 2.02. The van der Waals surface area contributed by atoms with Crippen molar-refractivity contribution in [3.8, 4) is 5.75 Å². The number of hydrogen-bond acceptors (Lipinski definition) is 6. The average molecular weight is 454 g/mol. The summed E-state index contributed by atoms with van der Waals surface area (Å²) in [4.78, 5) is 18.2. The Labute approximate surface area is 188 Å². The number of carbonyl (C=O) groups excluding carboxylic acids is 1. The van der Waals surface area contributed by atoms with Crippen LogP contribution in [0.3, 0.4) is 0 Å². The van der Waals surface area contributed by atoms with Crippen molar-refractivity contribution >= 4 is 34.9 Å². The summed E-state index contributed by atoms with van der Waals surface area (Å²) >= 11 is 7.76. The molecule has 0 fully saturated rings. The van der Waals surface area contributed by atoms with Crippen LogP contribution >= 0.6 is 23.4 Å². The summed E-state index contributed by atoms with van der Waals surface area (Å²) in [6, 6.07) is 7.10. The van der Waals surface area contributed by atoms with Crippen molar-refractivity contribution in [2.45, 2.75) is 64.7 Å². The fourth-order valence-corrected chi connectivity index (χ4v) is 4.68. The van der Waals surface area contributed by atoms with Gasteiger partial charge in [-0.25, -0.2) is 0 Å². The Kier molecular flexibility index (Phi) is 10.1. The van der Waals surface area contributed by atoms with E-state index in [1.165, 1.54) is 0 Å². The number of oxime groups is 1. The molecule has 0 heterocycles. The van der Waals surface area contributed by atoms with Crippen LogP contribution < -0.4 is 4.74 Å². The maximum absolute atomic E-state index is 12.7. The molecule has 5 nitrogen and oxygen atoms in total. The van der Waals surface area contributed by atoms with Gasteiger partial charge in [-0.1, -0.05) is 37.5 Å². The zero-order valence-electron chi connectivity index (χ0n) is 18.2. The van der Waals surface area contributed by atoms with E-state index in [0.29, 0.717) is 46.6 Å². The third-order valence-corrected chi connectivity index (χ3v) is 6.25. The second-order valence-electron chi connectivity index (χ2n) is 7.59. The molecule has 3 unspecified atom stereocenters. The fraction of sp³-hybridized carbons (Fsp3) is 0.565. The molecule has 3 atom stereocenters. The van der Waals surface area contributed by atoms with Crippen molar-refractivity contribution < 1.29 is 19.5 Å². The Morgan fingerprint density at radius 3 is 2.57 bits per heavy atom. The first-order valence-corrected chi connectivity index (χ1v) is 11.9. The minimum Gasteiger partial charge on any atom is -0.511 e. The minimum atomic E-state index is -0.236. The van der Waals surface area contributed by atoms with Crippen LogP contribution in [0.5, 0.6) is 5.75 Å². The number of ketones is 1. The lowest BCUT2D eigenvalue weighted by molar-refractivity contribution is -0.116. The third-order valence-electron chi connectivity index (χ3n) is 4.90. The predicted octanol–water partition coefficient (Wildman–Crippen LogP) is 6.21. The van der Waals surface area contributed by atoms with Crippen molar-refractivity contribution in [3.63, 3.8) is 0 Å². The first-order valence-electron chi connectivity index (χ1n) is 10.5. The second kappa shape index (κ2) is 12.3. The monoisotopic (exact) mass is 453 g/mol. The lowest BCUT2D eigenvalue weighted by Crippen LogP contribution is -2.26. The third kappa shape index (κ3) is 7.55. The van der Waals surface area contributed by atoms with E-state index in [0.717, 1.165) is 12.2 Å². The van der Waals surface area contributed by atoms with Gasteiger partial charge in [0.05, 0.1) is 11.3 Å². The van der Waals surface area contributed by atoms with Crippen LogP contribution in [0.15, 0.2) is 40.8 Å². The summed E-state index contributed by atoms with van der Waals surface area (Å²) in [5.41, 5.74) is 0.821. The number of Topliss-reactive ketones (excluding diaryl/α,β-unsaturated/α-hetero) is 1. The van der Waals surface area contributed by atoms with Gasteiger partial charge in [0.15, 0.2) is 12.4 Å². The molecular formula is C23H32ClNO4S. The van der Waals surface area contributed by atoms with Gasteiger partial charge in [-0.05, 0) is 55.7 Å². The second-order valence-corrected chi connectivity index (χ2v) is 9.74. The molecule has 0 saturated carbocycles. The van der Waals surface area contributed by atoms with Crippen LogP contribution in [-0.4, -0.2) is 40.3 Å². The lowest BCUT2D eigenvalue weighted by Gasteiger charge is -2.25. The molecule has 0 aliphatic heterocycles. The van der Waals surface area contributed by atoms with E-state index >= 15 is 0 Å². The normalized spacial score (nSPS) is 19.6. The van der Waals surface area contributed by atoms with Gasteiger partial charge in [0.2, 0.25) is 0 Å². The highest BCUT2D eigenvalue weighted by Crippen LogP contribution is 2.32. The molecule has 0 radical (unpaired) electrons. The van der Waals surface area contributed by atoms with Gasteiger partial charge in [-0.3, -0.25) is 4.79 Å². The Morgan fingerprint density at radius 1 is 1.27 bits per heavy atom. The molecule has 2 rings (SSSR count). The van der Waals surface area contributed by atoms with Gasteiger partial charge in [-0.2, -0.15) is 11.8 Å². The molecule has 0 saturated heterocycles. The largest absolute Gasteiger partial charge is 0.511 e. The molecule has 1 aliphatic rings. The number of aliphatic hydroxyl groups is 1. The van der Waals surface area contributed by atoms with Crippen LogP contribution in [0.2, 0.25) is 5.02 Å². The number of benzene rings is 1. The van der Waals surface area contributed by atoms with Gasteiger partial charge < -0.3 is 14.7 Å². The highest BCUT2D eigenvalue weighted by atomic mass is 35.5. The quantitative estimate of drug-likeness (QED) is 0.318. The summed E-state index contributed by atoms with van der Waals surface area (Å²) in [5, 5.41) is 15.8. The van der Waals surface area contributed by atoms with Gasteiger partial charge in [0, 0.05) is 23.1 Å². The Bertz CT molecular complexity index is 763. The van der Waals surface area contributed by atoms with E-state index in [4.69, 9.17) is 21.2 Å². The van der Waals surface area contributed by atoms with Crippen LogP contribution in [0, 0.1) is 5.92 Å². The lowest BCUT2D eigenvalue weighted by atomic mass is 9.82. The Morgan fingerprint density at radius 2 is 1.97 bits per heavy atom. The van der Waals surface area contributed by atoms with Crippen molar-refractivity contribution in [1.29, 1.82) is 0 Å². The highest BCUT2D eigenvalue weighted by Gasteiger charge is 2.31. The maximum atomic E-state index is 12.7. The van der Waals surface area contributed by atoms with Gasteiger partial charge >= 0.3 is 0 Å². The van der Waals surface area contributed by atoms with Crippen LogP contribution in [0.25, 0.3) is 0 Å². The molecule has 0 aromatic heterocycles. The molecule has 166 valence electrons. The number of thioether (sulfide) groups is 1. The van der Waals surface area contributed by atoms with Crippen LogP contribution in [0.4, 0.5) is 0 Å². The number of ether oxygens (including phenoxy) is 1. The van der Waals surface area contributed by atoms with E-state index in [-0.39, 0.29) is 30.2 Å². The number of nitrogens with zero attached hydrogens (tertiary/aromatic N) is 1. The summed E-state index contributed by atoms with van der Waals surface area (Å²) < 4.78 is 5.76. The molecule has 1 aliphatic carbocycles. The van der Waals surface area contributed by atoms with Gasteiger partial charge in [-0.15, -0.1) is 0 Å². The molecular weight excluding hydrogens is 422 g/mol. The summed E-state index contributed by atoms with van der Waals surface area (Å²) in [6.45, 7) is 8.31. The summed E-state index contributed by atoms with van der Waals surface area (Å²) in [6.07, 6.45) is 2.16. The number of aliphatic hydroxyl groups excluding tert-OH is 1. The molecule has 1 aromatic rings. The molecule has 30 heavy (non-hydrogen) atoms. The van der Waals surface area contributed by atoms with Gasteiger partial charge in [0.1, 0.15) is 17.6 Å². The Balaban J connectivity index is 1.95. The average Bonchev–Trinajstić information content (AvgIpc) is 2.68. The zero-order chi connectivity index (χ0) is 22.1. The van der Waals surface area contributed by atoms with Crippen molar-refractivity contribution in [2.24, 2.45) is 11.1 Å². The predicted molar refractivity (Wildman–Crippen MR) is 125 cm³/mol. The highest BCUT2D eigenvalue weighted by molar-refractivity contribution is 7.99. The molecule has 7 heteroatoms. The molecule has 0 spiro atoms. The SMILES string of the molecule is CCSC(C)CC1CC(=O)C(C(CC)=NOCC(C)Oc2ccc(Cl)cc2)=C(O)C1. The number of allylic oxidation sites excluding steroid dienone is 2. The summed E-state index contributed by atoms with van der Waals surface area (Å²) in [7, 11) is 0. The zero-order valence-corrected chi connectivity index (χ0v) is 19.8. The Hall–Kier alpha value is -1.66.